The number of rotatable bonds is 8. The van der Waals surface area contributed by atoms with Crippen molar-refractivity contribution in [1.29, 1.82) is 0 Å². The molecule has 0 fully saturated rings. The number of alkyl halides is 3. The van der Waals surface area contributed by atoms with Crippen LogP contribution in [0.4, 0.5) is 18.9 Å². The van der Waals surface area contributed by atoms with Gasteiger partial charge in [0, 0.05) is 23.7 Å². The maximum atomic E-state index is 14.7. The summed E-state index contributed by atoms with van der Waals surface area (Å²) in [7, 11) is 0. The molecule has 0 radical (unpaired) electrons. The van der Waals surface area contributed by atoms with Crippen molar-refractivity contribution in [2.45, 2.75) is 86.4 Å². The maximum Gasteiger partial charge on any atom is 0.431 e. The Labute approximate surface area is 253 Å². The highest BCUT2D eigenvalue weighted by molar-refractivity contribution is 5.69. The molecule has 6 nitrogen and oxygen atoms in total. The Morgan fingerprint density at radius 1 is 0.953 bits per heavy atom. The molecule has 236 valence electrons. The van der Waals surface area contributed by atoms with Crippen molar-refractivity contribution >= 4 is 11.7 Å². The summed E-state index contributed by atoms with van der Waals surface area (Å²) in [4.78, 5) is 11.3. The van der Waals surface area contributed by atoms with Gasteiger partial charge in [0.25, 0.3) is 0 Å². The Kier molecular flexibility index (Phi) is 12.1. The van der Waals surface area contributed by atoms with E-state index in [0.29, 0.717) is 73.1 Å². The van der Waals surface area contributed by atoms with Gasteiger partial charge in [-0.25, -0.2) is 0 Å². The lowest BCUT2D eigenvalue weighted by Crippen LogP contribution is -2.33. The van der Waals surface area contributed by atoms with Gasteiger partial charge in [0.15, 0.2) is 11.5 Å². The van der Waals surface area contributed by atoms with Crippen LogP contribution in [0.3, 0.4) is 0 Å². The molecule has 0 N–H and O–H groups in total. The number of fused-ring (bicyclic) bond motifs is 3. The largest absolute Gasteiger partial charge is 0.490 e. The number of ether oxygens (including phenoxy) is 4. The van der Waals surface area contributed by atoms with E-state index in [-0.39, 0.29) is 12.6 Å². The Morgan fingerprint density at radius 3 is 2.23 bits per heavy atom. The van der Waals surface area contributed by atoms with Gasteiger partial charge >= 0.3 is 12.1 Å². The first-order chi connectivity index (χ1) is 20.5. The third-order valence-electron chi connectivity index (χ3n) is 7.44. The van der Waals surface area contributed by atoms with Gasteiger partial charge in [0.2, 0.25) is 0 Å². The molecule has 4 rings (SSSR count). The summed E-state index contributed by atoms with van der Waals surface area (Å²) in [5.41, 5.74) is 4.26. The molecule has 9 heteroatoms. The van der Waals surface area contributed by atoms with Crippen molar-refractivity contribution in [1.82, 2.24) is 0 Å². The number of para-hydroxylation sites is 1. The number of carbonyl (C=O) groups is 1. The van der Waals surface area contributed by atoms with Crippen LogP contribution in [-0.2, 0) is 20.7 Å². The summed E-state index contributed by atoms with van der Waals surface area (Å²) in [5.74, 6) is 0.948. The quantitative estimate of drug-likeness (QED) is 0.281. The van der Waals surface area contributed by atoms with Crippen molar-refractivity contribution in [2.24, 2.45) is 0 Å². The van der Waals surface area contributed by atoms with Gasteiger partial charge < -0.3 is 23.8 Å². The zero-order chi connectivity index (χ0) is 31.7. The summed E-state index contributed by atoms with van der Waals surface area (Å²) < 4.78 is 66.9. The van der Waals surface area contributed by atoms with E-state index in [2.05, 4.69) is 4.74 Å². The summed E-state index contributed by atoms with van der Waals surface area (Å²) in [6, 6.07) is 11.3. The minimum absolute atomic E-state index is 0.0568. The molecule has 2 aromatic rings. The smallest absolute Gasteiger partial charge is 0.431 e. The number of halogens is 3. The number of benzene rings is 2. The zero-order valence-corrected chi connectivity index (χ0v) is 26.3. The highest BCUT2D eigenvalue weighted by Crippen LogP contribution is 2.49. The van der Waals surface area contributed by atoms with Gasteiger partial charge in [-0.05, 0) is 82.2 Å². The Bertz CT molecular complexity index is 1330. The number of esters is 1. The fourth-order valence-corrected chi connectivity index (χ4v) is 5.52. The first kappa shape index (κ1) is 34.0. The fourth-order valence-electron chi connectivity index (χ4n) is 5.52. The van der Waals surface area contributed by atoms with Crippen molar-refractivity contribution in [3.63, 3.8) is 0 Å². The number of anilines is 1. The molecule has 2 heterocycles. The van der Waals surface area contributed by atoms with Gasteiger partial charge in [-0.2, -0.15) is 13.2 Å². The predicted octanol–water partition coefficient (Wildman–Crippen LogP) is 8.84. The molecule has 2 aliphatic rings. The second-order valence-electron chi connectivity index (χ2n) is 10.3. The average molecular weight is 604 g/mol. The normalized spacial score (nSPS) is 16.8. The van der Waals surface area contributed by atoms with E-state index in [1.807, 2.05) is 64.1 Å². The van der Waals surface area contributed by atoms with Crippen LogP contribution in [0.25, 0.3) is 0 Å². The summed E-state index contributed by atoms with van der Waals surface area (Å²) in [6.45, 7) is 14.0. The van der Waals surface area contributed by atoms with Crippen LogP contribution < -0.4 is 14.4 Å². The van der Waals surface area contributed by atoms with Crippen LogP contribution in [0, 0.1) is 0 Å². The molecule has 2 aromatic carbocycles. The highest BCUT2D eigenvalue weighted by atomic mass is 19.4. The van der Waals surface area contributed by atoms with E-state index < -0.39 is 18.0 Å². The lowest BCUT2D eigenvalue weighted by Gasteiger charge is -2.32. The molecule has 0 spiro atoms. The Morgan fingerprint density at radius 2 is 1.67 bits per heavy atom. The molecule has 0 saturated carbocycles. The molecule has 0 saturated heterocycles. The zero-order valence-electron chi connectivity index (χ0n) is 26.3. The molecule has 43 heavy (non-hydrogen) atoms. The van der Waals surface area contributed by atoms with Gasteiger partial charge in [-0.3, -0.25) is 4.79 Å². The monoisotopic (exact) mass is 603 g/mol. The second-order valence-corrected chi connectivity index (χ2v) is 10.3. The number of allylic oxidation sites excluding steroid dienone is 3. The lowest BCUT2D eigenvalue weighted by atomic mass is 9.95. The van der Waals surface area contributed by atoms with E-state index in [0.717, 1.165) is 23.1 Å². The predicted molar refractivity (Wildman–Crippen MR) is 162 cm³/mol. The topological polar surface area (TPSA) is 57.2 Å². The number of nitrogens with zero attached hydrogens (tertiary/aromatic N) is 1. The molecule has 0 amide bonds. The van der Waals surface area contributed by atoms with Crippen LogP contribution in [0.2, 0.25) is 0 Å². The summed E-state index contributed by atoms with van der Waals surface area (Å²) in [5, 5.41) is 0. The molecule has 1 atom stereocenters. The molecule has 0 unspecified atom stereocenters. The van der Waals surface area contributed by atoms with Crippen LogP contribution in [0.5, 0.6) is 11.5 Å². The number of hydrogen-bond acceptors (Lipinski definition) is 6. The van der Waals surface area contributed by atoms with Crippen molar-refractivity contribution < 1.29 is 36.9 Å². The highest BCUT2D eigenvalue weighted by Gasteiger charge is 2.45. The SMILES string of the molecule is CCOC(C)=O.CCOc1cccc([C@H]2OCC3=C(CC)CCC(C)=C(C(F)(F)F)N3c3ccc(CC)cc32)c1OCC. The molecular weight excluding hydrogens is 559 g/mol. The van der Waals surface area contributed by atoms with E-state index in [1.54, 1.807) is 13.8 Å². The van der Waals surface area contributed by atoms with Crippen molar-refractivity contribution in [2.75, 3.05) is 31.3 Å². The van der Waals surface area contributed by atoms with E-state index in [9.17, 15) is 18.0 Å². The van der Waals surface area contributed by atoms with Crippen LogP contribution >= 0.6 is 0 Å². The summed E-state index contributed by atoms with van der Waals surface area (Å²) >= 11 is 0. The fraction of sp³-hybridized carbons (Fsp3) is 0.500. The standard InChI is InChI=1S/C30H36F3NO3.C4H8O2/c1-6-20-14-16-24-23(17-20)27(22-11-10-12-26(35-8-3)28(22)36-9-4)37-18-25-21(7-2)15-13-19(5)29(34(24)25)30(31,32)33;1-3-6-4(2)5/h10-12,14,16-17,27H,6-9,13,15,18H2,1-5H3;3H2,1-2H3/t27-;/m1./s1. The van der Waals surface area contributed by atoms with Gasteiger partial charge in [-0.15, -0.1) is 0 Å². The molecule has 0 aromatic heterocycles. The van der Waals surface area contributed by atoms with Crippen LogP contribution in [0.15, 0.2) is 58.9 Å². The minimum Gasteiger partial charge on any atom is -0.490 e. The number of carbonyl (C=O) groups excluding carboxylic acids is 1. The second kappa shape index (κ2) is 15.3. The minimum atomic E-state index is -4.51. The number of aryl methyl sites for hydroxylation is 1. The third-order valence-corrected chi connectivity index (χ3v) is 7.44. The van der Waals surface area contributed by atoms with Crippen LogP contribution in [0.1, 0.15) is 90.5 Å². The third kappa shape index (κ3) is 7.93. The van der Waals surface area contributed by atoms with E-state index in [4.69, 9.17) is 14.2 Å². The van der Waals surface area contributed by atoms with Gasteiger partial charge in [-0.1, -0.05) is 38.1 Å². The van der Waals surface area contributed by atoms with Crippen molar-refractivity contribution in [3.8, 4) is 11.5 Å². The lowest BCUT2D eigenvalue weighted by molar-refractivity contribution is -0.140. The van der Waals surface area contributed by atoms with E-state index >= 15 is 0 Å². The number of hydrogen-bond donors (Lipinski definition) is 0. The molecular formula is C34H44F3NO5. The van der Waals surface area contributed by atoms with Crippen LogP contribution in [-0.4, -0.2) is 38.6 Å². The average Bonchev–Trinajstić information content (AvgIpc) is 3.20. The van der Waals surface area contributed by atoms with Gasteiger partial charge in [0.05, 0.1) is 32.1 Å². The molecule has 2 aliphatic heterocycles. The first-order valence-corrected chi connectivity index (χ1v) is 15.1. The first-order valence-electron chi connectivity index (χ1n) is 15.1. The van der Waals surface area contributed by atoms with E-state index in [1.165, 1.54) is 11.8 Å². The summed E-state index contributed by atoms with van der Waals surface area (Å²) in [6.07, 6.45) is -2.78. The van der Waals surface area contributed by atoms with Crippen molar-refractivity contribution in [3.05, 3.63) is 75.6 Å². The molecule has 0 bridgehead atoms. The Balaban J connectivity index is 0.000000765. The van der Waals surface area contributed by atoms with Gasteiger partial charge in [0.1, 0.15) is 11.8 Å². The maximum absolute atomic E-state index is 14.7. The Hall–Kier alpha value is -3.46. The molecule has 0 aliphatic carbocycles.